The highest BCUT2D eigenvalue weighted by Gasteiger charge is 2.11. The van der Waals surface area contributed by atoms with Crippen LogP contribution in [0, 0.1) is 0 Å². The molecule has 0 bridgehead atoms. The van der Waals surface area contributed by atoms with Gasteiger partial charge in [-0.15, -0.1) is 0 Å². The number of fused-ring (bicyclic) bond motifs is 1. The minimum atomic E-state index is -0.0350. The van der Waals surface area contributed by atoms with Crippen LogP contribution in [0.25, 0.3) is 11.0 Å². The van der Waals surface area contributed by atoms with Gasteiger partial charge in [-0.1, -0.05) is 48.5 Å². The van der Waals surface area contributed by atoms with Crippen LogP contribution >= 0.6 is 0 Å². The summed E-state index contributed by atoms with van der Waals surface area (Å²) in [6.07, 6.45) is 2.54. The lowest BCUT2D eigenvalue weighted by molar-refractivity contribution is 0.0953. The number of aromatic nitrogens is 2. The number of rotatable bonds is 10. The molecule has 0 aliphatic carbocycles. The van der Waals surface area contributed by atoms with E-state index in [9.17, 15) is 4.79 Å². The first-order chi connectivity index (χ1) is 15.3. The molecule has 1 N–H and O–H groups in total. The van der Waals surface area contributed by atoms with Gasteiger partial charge in [-0.25, -0.2) is 4.98 Å². The molecular weight excluding hydrogens is 386 g/mol. The first-order valence-corrected chi connectivity index (χ1v) is 10.8. The molecule has 0 aliphatic heterocycles. The van der Waals surface area contributed by atoms with Gasteiger partial charge in [0.05, 0.1) is 17.6 Å². The van der Waals surface area contributed by atoms with Crippen LogP contribution in [-0.4, -0.2) is 28.6 Å². The molecule has 5 nitrogen and oxygen atoms in total. The summed E-state index contributed by atoms with van der Waals surface area (Å²) in [5.41, 5.74) is 2.84. The Morgan fingerprint density at radius 1 is 0.871 bits per heavy atom. The van der Waals surface area contributed by atoms with Gasteiger partial charge < -0.3 is 14.6 Å². The number of imidazole rings is 1. The number of hydrogen-bond acceptors (Lipinski definition) is 3. The predicted molar refractivity (Wildman–Crippen MR) is 123 cm³/mol. The third-order valence-corrected chi connectivity index (χ3v) is 5.17. The van der Waals surface area contributed by atoms with Crippen LogP contribution in [0.1, 0.15) is 29.0 Å². The van der Waals surface area contributed by atoms with Crippen molar-refractivity contribution in [2.45, 2.75) is 25.8 Å². The van der Waals surface area contributed by atoms with Crippen molar-refractivity contribution in [2.75, 3.05) is 13.2 Å². The number of carbonyl (C=O) groups excluding carboxylic acids is 1. The first-order valence-electron chi connectivity index (χ1n) is 10.8. The van der Waals surface area contributed by atoms with E-state index in [1.54, 1.807) is 0 Å². The zero-order valence-electron chi connectivity index (χ0n) is 17.5. The van der Waals surface area contributed by atoms with Crippen LogP contribution in [0.2, 0.25) is 0 Å². The third-order valence-electron chi connectivity index (χ3n) is 5.17. The molecule has 0 radical (unpaired) electrons. The van der Waals surface area contributed by atoms with Crippen LogP contribution in [0.5, 0.6) is 5.75 Å². The Morgan fingerprint density at radius 2 is 1.58 bits per heavy atom. The third kappa shape index (κ3) is 5.51. The Balaban J connectivity index is 1.33. The van der Waals surface area contributed by atoms with Crippen LogP contribution in [0.4, 0.5) is 0 Å². The first kappa shape index (κ1) is 20.7. The van der Waals surface area contributed by atoms with E-state index >= 15 is 0 Å². The minimum Gasteiger partial charge on any atom is -0.494 e. The molecule has 3 aromatic carbocycles. The molecule has 0 atom stereocenters. The monoisotopic (exact) mass is 413 g/mol. The van der Waals surface area contributed by atoms with Crippen molar-refractivity contribution in [3.63, 3.8) is 0 Å². The normalized spacial score (nSPS) is 10.8. The molecule has 158 valence electrons. The molecule has 0 unspecified atom stereocenters. The number of hydrogen-bond donors (Lipinski definition) is 1. The van der Waals surface area contributed by atoms with E-state index in [1.807, 2.05) is 78.9 Å². The van der Waals surface area contributed by atoms with E-state index in [2.05, 4.69) is 16.0 Å². The van der Waals surface area contributed by atoms with Gasteiger partial charge in [0, 0.05) is 25.1 Å². The maximum Gasteiger partial charge on any atom is 0.251 e. The molecule has 0 spiro atoms. The largest absolute Gasteiger partial charge is 0.494 e. The van der Waals surface area contributed by atoms with Gasteiger partial charge in [0.25, 0.3) is 5.91 Å². The Hall–Kier alpha value is -3.60. The van der Waals surface area contributed by atoms with E-state index in [1.165, 1.54) is 0 Å². The SMILES string of the molecule is O=C(NCCCc1nc2ccccc2n1CCCOc1ccccc1)c1ccccc1. The molecule has 1 aromatic heterocycles. The van der Waals surface area contributed by atoms with Gasteiger partial charge in [0.15, 0.2) is 0 Å². The van der Waals surface area contributed by atoms with Crippen LogP contribution in [0.3, 0.4) is 0 Å². The molecule has 1 amide bonds. The molecule has 0 saturated carbocycles. The van der Waals surface area contributed by atoms with Crippen LogP contribution in [-0.2, 0) is 13.0 Å². The maximum atomic E-state index is 12.2. The van der Waals surface area contributed by atoms with E-state index in [-0.39, 0.29) is 5.91 Å². The van der Waals surface area contributed by atoms with E-state index < -0.39 is 0 Å². The number of ether oxygens (including phenoxy) is 1. The number of amides is 1. The second-order valence-corrected chi connectivity index (χ2v) is 7.41. The molecule has 1 heterocycles. The summed E-state index contributed by atoms with van der Waals surface area (Å²) in [7, 11) is 0. The standard InChI is InChI=1S/C26H27N3O2/c30-26(21-11-3-1-4-12-21)27-18-9-17-25-28-23-15-7-8-16-24(23)29(25)19-10-20-31-22-13-5-2-6-14-22/h1-8,11-16H,9-10,17-20H2,(H,27,30). The van der Waals surface area contributed by atoms with Crippen molar-refractivity contribution in [1.82, 2.24) is 14.9 Å². The fourth-order valence-corrected chi connectivity index (χ4v) is 3.64. The molecule has 31 heavy (non-hydrogen) atoms. The summed E-state index contributed by atoms with van der Waals surface area (Å²) in [5.74, 6) is 1.91. The van der Waals surface area contributed by atoms with Gasteiger partial charge in [-0.3, -0.25) is 4.79 Å². The molecule has 5 heteroatoms. The van der Waals surface area contributed by atoms with Crippen molar-refractivity contribution in [1.29, 1.82) is 0 Å². The Morgan fingerprint density at radius 3 is 2.39 bits per heavy atom. The second kappa shape index (κ2) is 10.4. The lowest BCUT2D eigenvalue weighted by atomic mass is 10.2. The smallest absolute Gasteiger partial charge is 0.251 e. The van der Waals surface area contributed by atoms with Gasteiger partial charge in [0.2, 0.25) is 0 Å². The van der Waals surface area contributed by atoms with Crippen molar-refractivity contribution >= 4 is 16.9 Å². The fourth-order valence-electron chi connectivity index (χ4n) is 3.64. The molecule has 4 aromatic rings. The Bertz CT molecular complexity index is 1110. The highest BCUT2D eigenvalue weighted by atomic mass is 16.5. The van der Waals surface area contributed by atoms with Crippen LogP contribution in [0.15, 0.2) is 84.9 Å². The summed E-state index contributed by atoms with van der Waals surface area (Å²) in [6.45, 7) is 2.12. The quantitative estimate of drug-likeness (QED) is 0.378. The van der Waals surface area contributed by atoms with Gasteiger partial charge >= 0.3 is 0 Å². The number of aryl methyl sites for hydroxylation is 2. The lowest BCUT2D eigenvalue weighted by Gasteiger charge is -2.11. The summed E-state index contributed by atoms with van der Waals surface area (Å²) < 4.78 is 8.12. The summed E-state index contributed by atoms with van der Waals surface area (Å²) in [5, 5.41) is 3.00. The van der Waals surface area contributed by atoms with E-state index in [0.29, 0.717) is 18.7 Å². The van der Waals surface area contributed by atoms with E-state index in [4.69, 9.17) is 9.72 Å². The molecule has 0 fully saturated rings. The zero-order valence-corrected chi connectivity index (χ0v) is 17.5. The summed E-state index contributed by atoms with van der Waals surface area (Å²) >= 11 is 0. The second-order valence-electron chi connectivity index (χ2n) is 7.41. The van der Waals surface area contributed by atoms with Crippen molar-refractivity contribution in [2.24, 2.45) is 0 Å². The maximum absolute atomic E-state index is 12.2. The fraction of sp³-hybridized carbons (Fsp3) is 0.231. The molecule has 0 aliphatic rings. The van der Waals surface area contributed by atoms with Crippen molar-refractivity contribution < 1.29 is 9.53 Å². The summed E-state index contributed by atoms with van der Waals surface area (Å²) in [4.78, 5) is 17.0. The number of carbonyl (C=O) groups is 1. The highest BCUT2D eigenvalue weighted by Crippen LogP contribution is 2.18. The van der Waals surface area contributed by atoms with E-state index in [0.717, 1.165) is 48.4 Å². The Kier molecular flexibility index (Phi) is 6.96. The number of nitrogens with zero attached hydrogens (tertiary/aromatic N) is 2. The van der Waals surface area contributed by atoms with Crippen molar-refractivity contribution in [3.05, 3.63) is 96.3 Å². The average molecular weight is 414 g/mol. The minimum absolute atomic E-state index is 0.0350. The number of para-hydroxylation sites is 3. The highest BCUT2D eigenvalue weighted by molar-refractivity contribution is 5.94. The lowest BCUT2D eigenvalue weighted by Crippen LogP contribution is -2.24. The average Bonchev–Trinajstić information content (AvgIpc) is 3.18. The van der Waals surface area contributed by atoms with Gasteiger partial charge in [0.1, 0.15) is 11.6 Å². The van der Waals surface area contributed by atoms with Crippen LogP contribution < -0.4 is 10.1 Å². The Labute approximate surface area is 182 Å². The number of benzene rings is 3. The molecule has 4 rings (SSSR count). The van der Waals surface area contributed by atoms with Gasteiger partial charge in [-0.2, -0.15) is 0 Å². The zero-order chi connectivity index (χ0) is 21.3. The molecular formula is C26H27N3O2. The summed E-state index contributed by atoms with van der Waals surface area (Å²) in [6, 6.07) is 27.4. The molecule has 0 saturated heterocycles. The van der Waals surface area contributed by atoms with Crippen molar-refractivity contribution in [3.8, 4) is 5.75 Å². The topological polar surface area (TPSA) is 56.2 Å². The number of nitrogens with one attached hydrogen (secondary N) is 1. The predicted octanol–water partition coefficient (Wildman–Crippen LogP) is 4.87. The van der Waals surface area contributed by atoms with Gasteiger partial charge in [-0.05, 0) is 49.2 Å².